The first-order valence-electron chi connectivity index (χ1n) is 5.83. The maximum atomic E-state index is 13.9. The van der Waals surface area contributed by atoms with E-state index in [1.807, 2.05) is 17.5 Å². The number of rotatable bonds is 5. The Balaban J connectivity index is 2.30. The van der Waals surface area contributed by atoms with Gasteiger partial charge in [-0.3, -0.25) is 0 Å². The molecule has 1 aromatic heterocycles. The van der Waals surface area contributed by atoms with Crippen LogP contribution in [0.15, 0.2) is 40.6 Å². The van der Waals surface area contributed by atoms with Crippen molar-refractivity contribution in [2.24, 2.45) is 0 Å². The topological polar surface area (TPSA) is 57.6 Å². The average molecular weight is 315 g/mol. The summed E-state index contributed by atoms with van der Waals surface area (Å²) in [6.07, 6.45) is 0. The highest BCUT2D eigenvalue weighted by atomic mass is 32.2. The standard InChI is InChI=1S/C13H14FNO3S2/c1-15(8-11-3-2-6-19-11)20(17,18)13-5-4-10(9-16)7-12(13)14/h2-7,16H,8-9H2,1H3. The third-order valence-electron chi connectivity index (χ3n) is 2.83. The van der Waals surface area contributed by atoms with Crippen LogP contribution in [0.1, 0.15) is 10.4 Å². The highest BCUT2D eigenvalue weighted by Gasteiger charge is 2.24. The van der Waals surface area contributed by atoms with E-state index in [1.54, 1.807) is 0 Å². The molecule has 1 heterocycles. The zero-order valence-electron chi connectivity index (χ0n) is 10.8. The summed E-state index contributed by atoms with van der Waals surface area (Å²) in [5.74, 6) is -0.852. The van der Waals surface area contributed by atoms with Gasteiger partial charge in [0.05, 0.1) is 6.61 Å². The number of aliphatic hydroxyl groups excluding tert-OH is 1. The summed E-state index contributed by atoms with van der Waals surface area (Å²) < 4.78 is 39.6. The molecule has 0 saturated carbocycles. The first-order chi connectivity index (χ1) is 9.45. The largest absolute Gasteiger partial charge is 0.392 e. The van der Waals surface area contributed by atoms with Gasteiger partial charge >= 0.3 is 0 Å². The van der Waals surface area contributed by atoms with Gasteiger partial charge in [0.25, 0.3) is 0 Å². The summed E-state index contributed by atoms with van der Waals surface area (Å²) in [5, 5.41) is 10.8. The molecule has 0 aliphatic carbocycles. The Hall–Kier alpha value is -1.28. The molecular formula is C13H14FNO3S2. The van der Waals surface area contributed by atoms with Crippen LogP contribution in [-0.4, -0.2) is 24.9 Å². The fraction of sp³-hybridized carbons (Fsp3) is 0.231. The highest BCUT2D eigenvalue weighted by Crippen LogP contribution is 2.22. The van der Waals surface area contributed by atoms with Gasteiger partial charge in [-0.25, -0.2) is 12.8 Å². The van der Waals surface area contributed by atoms with Gasteiger partial charge in [-0.15, -0.1) is 11.3 Å². The summed E-state index contributed by atoms with van der Waals surface area (Å²) >= 11 is 1.44. The van der Waals surface area contributed by atoms with E-state index in [-0.39, 0.29) is 18.0 Å². The molecule has 0 unspecified atom stereocenters. The van der Waals surface area contributed by atoms with Gasteiger partial charge in [0, 0.05) is 18.5 Å². The summed E-state index contributed by atoms with van der Waals surface area (Å²) in [7, 11) is -2.48. The Morgan fingerprint density at radius 1 is 1.35 bits per heavy atom. The van der Waals surface area contributed by atoms with E-state index in [4.69, 9.17) is 5.11 Å². The lowest BCUT2D eigenvalue weighted by Gasteiger charge is -2.17. The van der Waals surface area contributed by atoms with Crippen molar-refractivity contribution in [1.29, 1.82) is 0 Å². The van der Waals surface area contributed by atoms with Crippen molar-refractivity contribution in [2.75, 3.05) is 7.05 Å². The van der Waals surface area contributed by atoms with Gasteiger partial charge in [0.15, 0.2) is 0 Å². The van der Waals surface area contributed by atoms with Gasteiger partial charge in [0.2, 0.25) is 10.0 Å². The summed E-state index contributed by atoms with van der Waals surface area (Å²) in [6, 6.07) is 7.26. The summed E-state index contributed by atoms with van der Waals surface area (Å²) in [4.78, 5) is 0.497. The monoisotopic (exact) mass is 315 g/mol. The molecule has 20 heavy (non-hydrogen) atoms. The molecular weight excluding hydrogens is 301 g/mol. The molecule has 108 valence electrons. The van der Waals surface area contributed by atoms with E-state index >= 15 is 0 Å². The van der Waals surface area contributed by atoms with E-state index < -0.39 is 15.8 Å². The molecule has 0 fully saturated rings. The summed E-state index contributed by atoms with van der Waals surface area (Å²) in [5.41, 5.74) is 0.336. The molecule has 0 radical (unpaired) electrons. The third kappa shape index (κ3) is 3.06. The van der Waals surface area contributed by atoms with Gasteiger partial charge in [0.1, 0.15) is 10.7 Å². The normalized spacial score (nSPS) is 12.0. The second-order valence-electron chi connectivity index (χ2n) is 4.26. The predicted octanol–water partition coefficient (Wildman–Crippen LogP) is 2.20. The molecule has 0 aliphatic heterocycles. The second kappa shape index (κ2) is 6.01. The van der Waals surface area contributed by atoms with Crippen LogP contribution < -0.4 is 0 Å². The number of sulfonamides is 1. The van der Waals surface area contributed by atoms with Gasteiger partial charge in [-0.1, -0.05) is 12.1 Å². The van der Waals surface area contributed by atoms with Crippen LogP contribution in [0.25, 0.3) is 0 Å². The Morgan fingerprint density at radius 2 is 2.10 bits per heavy atom. The minimum atomic E-state index is -3.89. The lowest BCUT2D eigenvalue weighted by molar-refractivity contribution is 0.281. The first-order valence-corrected chi connectivity index (χ1v) is 8.15. The van der Waals surface area contributed by atoms with E-state index in [9.17, 15) is 12.8 Å². The van der Waals surface area contributed by atoms with E-state index in [1.165, 1.54) is 30.5 Å². The van der Waals surface area contributed by atoms with Crippen molar-refractivity contribution < 1.29 is 17.9 Å². The molecule has 0 atom stereocenters. The fourth-order valence-electron chi connectivity index (χ4n) is 1.73. The van der Waals surface area contributed by atoms with Gasteiger partial charge in [-0.2, -0.15) is 4.31 Å². The Kier molecular flexibility index (Phi) is 4.54. The maximum absolute atomic E-state index is 13.9. The van der Waals surface area contributed by atoms with Crippen molar-refractivity contribution in [1.82, 2.24) is 4.31 Å². The quantitative estimate of drug-likeness (QED) is 0.920. The van der Waals surface area contributed by atoms with Crippen LogP contribution in [0, 0.1) is 5.82 Å². The van der Waals surface area contributed by atoms with E-state index in [0.29, 0.717) is 5.56 Å². The molecule has 7 heteroatoms. The van der Waals surface area contributed by atoms with Crippen LogP contribution in [0.4, 0.5) is 4.39 Å². The van der Waals surface area contributed by atoms with E-state index in [0.717, 1.165) is 15.2 Å². The fourth-order valence-corrected chi connectivity index (χ4v) is 3.76. The second-order valence-corrected chi connectivity index (χ2v) is 7.31. The number of hydrogen-bond donors (Lipinski definition) is 1. The van der Waals surface area contributed by atoms with Crippen molar-refractivity contribution in [3.63, 3.8) is 0 Å². The Morgan fingerprint density at radius 3 is 2.65 bits per heavy atom. The first kappa shape index (κ1) is 15.1. The molecule has 0 amide bonds. The minimum absolute atomic E-state index is 0.196. The lowest BCUT2D eigenvalue weighted by atomic mass is 10.2. The van der Waals surface area contributed by atoms with E-state index in [2.05, 4.69) is 0 Å². The zero-order chi connectivity index (χ0) is 14.8. The molecule has 2 aromatic rings. The maximum Gasteiger partial charge on any atom is 0.246 e. The Labute approximate surface area is 121 Å². The number of aliphatic hydroxyl groups is 1. The Bertz CT molecular complexity index is 684. The van der Waals surface area contributed by atoms with Crippen molar-refractivity contribution in [2.45, 2.75) is 18.0 Å². The molecule has 0 aliphatic rings. The van der Waals surface area contributed by atoms with Crippen LogP contribution in [0.2, 0.25) is 0 Å². The summed E-state index contributed by atoms with van der Waals surface area (Å²) in [6.45, 7) is -0.135. The molecule has 0 saturated heterocycles. The third-order valence-corrected chi connectivity index (χ3v) is 5.52. The van der Waals surface area contributed by atoms with Crippen LogP contribution >= 0.6 is 11.3 Å². The highest BCUT2D eigenvalue weighted by molar-refractivity contribution is 7.89. The van der Waals surface area contributed by atoms with Crippen LogP contribution in [-0.2, 0) is 23.2 Å². The number of hydrogen-bond acceptors (Lipinski definition) is 4. The van der Waals surface area contributed by atoms with Crippen LogP contribution in [0.3, 0.4) is 0 Å². The van der Waals surface area contributed by atoms with Crippen molar-refractivity contribution >= 4 is 21.4 Å². The van der Waals surface area contributed by atoms with Crippen LogP contribution in [0.5, 0.6) is 0 Å². The average Bonchev–Trinajstić information content (AvgIpc) is 2.91. The number of halogens is 1. The van der Waals surface area contributed by atoms with Gasteiger partial charge in [-0.05, 0) is 29.1 Å². The van der Waals surface area contributed by atoms with Crippen molar-refractivity contribution in [3.8, 4) is 0 Å². The molecule has 2 rings (SSSR count). The smallest absolute Gasteiger partial charge is 0.246 e. The molecule has 1 N–H and O–H groups in total. The SMILES string of the molecule is CN(Cc1cccs1)S(=O)(=O)c1ccc(CO)cc1F. The molecule has 4 nitrogen and oxygen atoms in total. The molecule has 0 spiro atoms. The number of thiophene rings is 1. The molecule has 0 bridgehead atoms. The number of nitrogens with zero attached hydrogens (tertiary/aromatic N) is 1. The number of benzene rings is 1. The molecule has 1 aromatic carbocycles. The zero-order valence-corrected chi connectivity index (χ0v) is 12.4. The minimum Gasteiger partial charge on any atom is -0.392 e. The predicted molar refractivity (Wildman–Crippen MR) is 75.3 cm³/mol. The van der Waals surface area contributed by atoms with Gasteiger partial charge < -0.3 is 5.11 Å². The lowest BCUT2D eigenvalue weighted by Crippen LogP contribution is -2.27. The van der Waals surface area contributed by atoms with Crippen molar-refractivity contribution in [3.05, 3.63) is 52.0 Å².